The van der Waals surface area contributed by atoms with Crippen molar-refractivity contribution in [1.82, 2.24) is 0 Å². The number of nitrogens with one attached hydrogen (secondary N) is 1. The van der Waals surface area contributed by atoms with Crippen LogP contribution in [0.3, 0.4) is 0 Å². The van der Waals surface area contributed by atoms with Gasteiger partial charge in [-0.25, -0.2) is 8.42 Å². The van der Waals surface area contributed by atoms with Gasteiger partial charge in [-0.15, -0.1) is 0 Å². The number of amides is 1. The zero-order chi connectivity index (χ0) is 22.9. The fourth-order valence-corrected chi connectivity index (χ4v) is 5.16. The summed E-state index contributed by atoms with van der Waals surface area (Å²) in [6, 6.07) is 15.5. The van der Waals surface area contributed by atoms with Gasteiger partial charge < -0.3 is 5.32 Å². The molecule has 1 N–H and O–H groups in total. The number of nitro groups is 1. The maximum atomic E-state index is 12.6. The molecule has 0 heterocycles. The van der Waals surface area contributed by atoms with Crippen LogP contribution in [0.1, 0.15) is 24.0 Å². The lowest BCUT2D eigenvalue weighted by Crippen LogP contribution is -2.31. The Labute approximate surface area is 186 Å². The third kappa shape index (κ3) is 4.43. The fourth-order valence-electron chi connectivity index (χ4n) is 4.20. The first-order valence-electron chi connectivity index (χ1n) is 10.3. The summed E-state index contributed by atoms with van der Waals surface area (Å²) in [5.41, 5.74) is 3.33. The van der Waals surface area contributed by atoms with E-state index in [1.807, 2.05) is 24.3 Å². The molecule has 0 radical (unpaired) electrons. The van der Waals surface area contributed by atoms with Crippen molar-refractivity contribution >= 4 is 43.8 Å². The highest BCUT2D eigenvalue weighted by Gasteiger charge is 2.20. The first-order chi connectivity index (χ1) is 15.2. The summed E-state index contributed by atoms with van der Waals surface area (Å²) in [4.78, 5) is 23.0. The quantitative estimate of drug-likeness (QED) is 0.409. The van der Waals surface area contributed by atoms with Crippen molar-refractivity contribution in [3.05, 3.63) is 75.8 Å². The van der Waals surface area contributed by atoms with Crippen LogP contribution in [-0.2, 0) is 27.7 Å². The second-order valence-corrected chi connectivity index (χ2v) is 9.78. The fraction of sp³-hybridized carbons (Fsp3) is 0.261. The number of nitrogens with zero attached hydrogens (tertiary/aromatic N) is 2. The van der Waals surface area contributed by atoms with Gasteiger partial charge in [-0.1, -0.05) is 30.3 Å². The van der Waals surface area contributed by atoms with Gasteiger partial charge in [0.25, 0.3) is 5.69 Å². The molecule has 0 unspecified atom stereocenters. The first-order valence-corrected chi connectivity index (χ1v) is 12.1. The molecule has 0 bridgehead atoms. The molecule has 9 heteroatoms. The summed E-state index contributed by atoms with van der Waals surface area (Å²) < 4.78 is 25.6. The summed E-state index contributed by atoms with van der Waals surface area (Å²) in [5.74, 6) is -0.212. The van der Waals surface area contributed by atoms with Crippen LogP contribution < -0.4 is 9.62 Å². The zero-order valence-corrected chi connectivity index (χ0v) is 18.4. The Morgan fingerprint density at radius 1 is 1.09 bits per heavy atom. The van der Waals surface area contributed by atoms with E-state index in [1.165, 1.54) is 40.8 Å². The smallest absolute Gasteiger partial charge is 0.271 e. The average molecular weight is 454 g/mol. The third-order valence-electron chi connectivity index (χ3n) is 5.64. The minimum Gasteiger partial charge on any atom is -0.326 e. The molecular formula is C23H23N3O5S. The predicted octanol–water partition coefficient (Wildman–Crippen LogP) is 4.03. The highest BCUT2D eigenvalue weighted by molar-refractivity contribution is 7.92. The van der Waals surface area contributed by atoms with Gasteiger partial charge in [0.1, 0.15) is 0 Å². The minimum absolute atomic E-state index is 0.0389. The summed E-state index contributed by atoms with van der Waals surface area (Å²) >= 11 is 0. The maximum Gasteiger partial charge on any atom is 0.271 e. The van der Waals surface area contributed by atoms with E-state index in [4.69, 9.17) is 0 Å². The summed E-state index contributed by atoms with van der Waals surface area (Å²) in [6.07, 6.45) is 3.43. The van der Waals surface area contributed by atoms with Crippen molar-refractivity contribution in [1.29, 1.82) is 0 Å². The van der Waals surface area contributed by atoms with Crippen LogP contribution in [0.25, 0.3) is 10.8 Å². The average Bonchev–Trinajstić information content (AvgIpc) is 3.17. The third-order valence-corrected chi connectivity index (χ3v) is 6.84. The van der Waals surface area contributed by atoms with Crippen molar-refractivity contribution in [2.45, 2.75) is 25.7 Å². The Morgan fingerprint density at radius 2 is 1.81 bits per heavy atom. The second-order valence-electron chi connectivity index (χ2n) is 7.88. The van der Waals surface area contributed by atoms with E-state index in [0.29, 0.717) is 0 Å². The molecule has 3 aromatic rings. The van der Waals surface area contributed by atoms with Gasteiger partial charge in [-0.05, 0) is 47.9 Å². The number of sulfonamides is 1. The molecule has 1 aliphatic carbocycles. The lowest BCUT2D eigenvalue weighted by molar-refractivity contribution is -0.384. The van der Waals surface area contributed by atoms with Gasteiger partial charge in [0.05, 0.1) is 16.9 Å². The molecule has 1 aliphatic rings. The van der Waals surface area contributed by atoms with E-state index in [9.17, 15) is 23.3 Å². The van der Waals surface area contributed by atoms with Crippen molar-refractivity contribution in [3.63, 3.8) is 0 Å². The van der Waals surface area contributed by atoms with E-state index >= 15 is 0 Å². The van der Waals surface area contributed by atoms with Gasteiger partial charge in [-0.2, -0.15) is 0 Å². The predicted molar refractivity (Wildman–Crippen MR) is 125 cm³/mol. The molecule has 8 nitrogen and oxygen atoms in total. The van der Waals surface area contributed by atoms with Crippen LogP contribution in [0.2, 0.25) is 0 Å². The standard InChI is InChI=1S/C23H23N3O5S/c1-32(30,31)25(18-6-3-7-19(15-18)26(28)29)14-4-9-22(27)24-21-13-12-17-11-10-16-5-2-8-20(21)23(16)17/h2-3,5-8,12-13,15H,4,9-11,14H2,1H3,(H,24,27). The highest BCUT2D eigenvalue weighted by atomic mass is 32.2. The van der Waals surface area contributed by atoms with Gasteiger partial charge in [-0.3, -0.25) is 19.2 Å². The van der Waals surface area contributed by atoms with E-state index in [2.05, 4.69) is 11.4 Å². The Hall–Kier alpha value is -3.46. The molecule has 3 aromatic carbocycles. The number of hydrogen-bond donors (Lipinski definition) is 1. The normalized spacial score (nSPS) is 12.7. The summed E-state index contributed by atoms with van der Waals surface area (Å²) in [6.45, 7) is 0.0389. The van der Waals surface area contributed by atoms with Crippen LogP contribution >= 0.6 is 0 Å². The minimum atomic E-state index is -3.67. The van der Waals surface area contributed by atoms with Crippen LogP contribution in [0.5, 0.6) is 0 Å². The van der Waals surface area contributed by atoms with Crippen molar-refractivity contribution in [3.8, 4) is 0 Å². The molecule has 0 aliphatic heterocycles. The Balaban J connectivity index is 1.44. The van der Waals surface area contributed by atoms with Gasteiger partial charge >= 0.3 is 0 Å². The number of hydrogen-bond acceptors (Lipinski definition) is 5. The van der Waals surface area contributed by atoms with Gasteiger partial charge in [0.2, 0.25) is 15.9 Å². The molecule has 0 spiro atoms. The van der Waals surface area contributed by atoms with E-state index in [1.54, 1.807) is 0 Å². The SMILES string of the molecule is CS(=O)(=O)N(CCCC(=O)Nc1ccc2c3c(cccc13)CC2)c1cccc([N+](=O)[O-])c1. The summed E-state index contributed by atoms with van der Waals surface area (Å²) in [5, 5.41) is 16.2. The monoisotopic (exact) mass is 453 g/mol. The van der Waals surface area contributed by atoms with Crippen molar-refractivity contribution in [2.75, 3.05) is 22.4 Å². The Bertz CT molecular complexity index is 1310. The van der Waals surface area contributed by atoms with E-state index in [0.717, 1.165) is 34.5 Å². The number of aryl methyl sites for hydroxylation is 2. The molecule has 1 amide bonds. The molecule has 32 heavy (non-hydrogen) atoms. The molecule has 0 saturated carbocycles. The van der Waals surface area contributed by atoms with Crippen LogP contribution in [0, 0.1) is 10.1 Å². The first kappa shape index (κ1) is 21.8. The number of carbonyl (C=O) groups is 1. The molecule has 0 saturated heterocycles. The molecule has 0 fully saturated rings. The lowest BCUT2D eigenvalue weighted by Gasteiger charge is -2.22. The van der Waals surface area contributed by atoms with E-state index in [-0.39, 0.29) is 36.7 Å². The zero-order valence-electron chi connectivity index (χ0n) is 17.6. The highest BCUT2D eigenvalue weighted by Crippen LogP contribution is 2.35. The van der Waals surface area contributed by atoms with E-state index < -0.39 is 14.9 Å². The molecule has 0 aromatic heterocycles. The molecule has 0 atom stereocenters. The number of rotatable bonds is 8. The molecule has 4 rings (SSSR count). The Kier molecular flexibility index (Phi) is 5.84. The molecular weight excluding hydrogens is 430 g/mol. The summed E-state index contributed by atoms with van der Waals surface area (Å²) in [7, 11) is -3.67. The number of non-ortho nitro benzene ring substituents is 1. The molecule has 166 valence electrons. The number of anilines is 2. The van der Waals surface area contributed by atoms with Crippen LogP contribution in [0.4, 0.5) is 17.1 Å². The lowest BCUT2D eigenvalue weighted by atomic mass is 10.0. The number of nitro benzene ring substituents is 1. The number of carbonyl (C=O) groups excluding carboxylic acids is 1. The largest absolute Gasteiger partial charge is 0.326 e. The van der Waals surface area contributed by atoms with Crippen LogP contribution in [0.15, 0.2) is 54.6 Å². The van der Waals surface area contributed by atoms with Gasteiger partial charge in [0.15, 0.2) is 0 Å². The Morgan fingerprint density at radius 3 is 2.53 bits per heavy atom. The second kappa shape index (κ2) is 8.58. The van der Waals surface area contributed by atoms with Crippen molar-refractivity contribution in [2.24, 2.45) is 0 Å². The van der Waals surface area contributed by atoms with Crippen molar-refractivity contribution < 1.29 is 18.1 Å². The number of benzene rings is 3. The maximum absolute atomic E-state index is 12.6. The van der Waals surface area contributed by atoms with Crippen LogP contribution in [-0.4, -0.2) is 32.0 Å². The topological polar surface area (TPSA) is 110 Å². The van der Waals surface area contributed by atoms with Gasteiger partial charge in [0, 0.05) is 36.2 Å².